The van der Waals surface area contributed by atoms with E-state index >= 15 is 0 Å². The Morgan fingerprint density at radius 3 is 2.14 bits per heavy atom. The van der Waals surface area contributed by atoms with Gasteiger partial charge in [0, 0.05) is 22.1 Å². The predicted molar refractivity (Wildman–Crippen MR) is 119 cm³/mol. The zero-order valence-corrected chi connectivity index (χ0v) is 17.2. The normalized spacial score (nSPS) is 11.0. The number of hydrogen-bond acceptors (Lipinski definition) is 2. The van der Waals surface area contributed by atoms with Crippen LogP contribution in [0.5, 0.6) is 0 Å². The third-order valence-corrected chi connectivity index (χ3v) is 5.32. The van der Waals surface area contributed by atoms with Gasteiger partial charge < -0.3 is 9.88 Å². The highest BCUT2D eigenvalue weighted by Gasteiger charge is 2.17. The molecule has 0 aliphatic heterocycles. The molecule has 0 aliphatic carbocycles. The van der Waals surface area contributed by atoms with Gasteiger partial charge in [0.25, 0.3) is 0 Å². The van der Waals surface area contributed by atoms with Crippen LogP contribution in [-0.2, 0) is 11.3 Å². The lowest BCUT2D eigenvalue weighted by Crippen LogP contribution is -2.32. The number of amides is 1. The number of aromatic nitrogens is 1. The number of pyridine rings is 1. The van der Waals surface area contributed by atoms with Crippen LogP contribution < -0.4 is 10.7 Å². The van der Waals surface area contributed by atoms with Crippen molar-refractivity contribution in [2.75, 3.05) is 0 Å². The summed E-state index contributed by atoms with van der Waals surface area (Å²) in [5.74, 6) is -0.129. The lowest BCUT2D eigenvalue weighted by molar-refractivity contribution is -0.122. The van der Waals surface area contributed by atoms with Crippen LogP contribution in [0.3, 0.4) is 0 Å². The second-order valence-electron chi connectivity index (χ2n) is 6.79. The van der Waals surface area contributed by atoms with Crippen molar-refractivity contribution in [2.45, 2.75) is 12.6 Å². The number of benzene rings is 3. The maximum absolute atomic E-state index is 12.9. The minimum Gasteiger partial charge on any atom is -0.344 e. The largest absolute Gasteiger partial charge is 0.344 e. The van der Waals surface area contributed by atoms with E-state index < -0.39 is 0 Å². The number of nitrogens with zero attached hydrogens (tertiary/aromatic N) is 1. The van der Waals surface area contributed by atoms with Gasteiger partial charge >= 0.3 is 0 Å². The molecule has 1 N–H and O–H groups in total. The lowest BCUT2D eigenvalue weighted by atomic mass is 9.99. The van der Waals surface area contributed by atoms with E-state index in [0.717, 1.165) is 21.1 Å². The van der Waals surface area contributed by atoms with Gasteiger partial charge in [0.05, 0.1) is 11.6 Å². The molecule has 0 aliphatic rings. The molecule has 0 spiro atoms. The summed E-state index contributed by atoms with van der Waals surface area (Å²) >= 11 is 3.40. The third kappa shape index (κ3) is 4.30. The summed E-state index contributed by atoms with van der Waals surface area (Å²) in [4.78, 5) is 25.1. The number of carbonyl (C=O) groups is 1. The highest BCUT2D eigenvalue weighted by Crippen LogP contribution is 2.22. The van der Waals surface area contributed by atoms with Crippen molar-refractivity contribution < 1.29 is 4.79 Å². The van der Waals surface area contributed by atoms with Crippen molar-refractivity contribution >= 4 is 32.7 Å². The van der Waals surface area contributed by atoms with Gasteiger partial charge in [-0.15, -0.1) is 0 Å². The van der Waals surface area contributed by atoms with Crippen LogP contribution in [0.4, 0.5) is 0 Å². The molecule has 29 heavy (non-hydrogen) atoms. The monoisotopic (exact) mass is 446 g/mol. The van der Waals surface area contributed by atoms with E-state index in [2.05, 4.69) is 21.2 Å². The Hall–Kier alpha value is -3.18. The van der Waals surface area contributed by atoms with Crippen LogP contribution in [0.25, 0.3) is 10.9 Å². The first-order chi connectivity index (χ1) is 14.1. The van der Waals surface area contributed by atoms with Crippen molar-refractivity contribution in [3.63, 3.8) is 0 Å². The molecule has 0 saturated heterocycles. The van der Waals surface area contributed by atoms with Crippen LogP contribution in [0.15, 0.2) is 100 Å². The van der Waals surface area contributed by atoms with E-state index in [9.17, 15) is 9.59 Å². The van der Waals surface area contributed by atoms with Gasteiger partial charge in [0.1, 0.15) is 6.54 Å². The van der Waals surface area contributed by atoms with Gasteiger partial charge in [-0.3, -0.25) is 9.59 Å². The second kappa shape index (κ2) is 8.45. The Kier molecular flexibility index (Phi) is 5.58. The molecule has 4 aromatic rings. The zero-order valence-electron chi connectivity index (χ0n) is 15.6. The summed E-state index contributed by atoms with van der Waals surface area (Å²) in [5.41, 5.74) is 2.69. The highest BCUT2D eigenvalue weighted by molar-refractivity contribution is 9.10. The molecule has 4 rings (SSSR count). The van der Waals surface area contributed by atoms with Crippen molar-refractivity contribution in [2.24, 2.45) is 0 Å². The molecule has 0 fully saturated rings. The molecule has 1 heterocycles. The van der Waals surface area contributed by atoms with E-state index in [0.29, 0.717) is 5.39 Å². The standard InChI is InChI=1S/C24H19BrN2O2/c25-19-11-12-21-20(15-19)22(28)13-14-27(21)16-23(29)26-24(17-7-3-1-4-8-17)18-9-5-2-6-10-18/h1-15,24H,16H2,(H,26,29). The summed E-state index contributed by atoms with van der Waals surface area (Å²) in [6, 6.07) is 26.5. The minimum atomic E-state index is -0.246. The fourth-order valence-corrected chi connectivity index (χ4v) is 3.79. The summed E-state index contributed by atoms with van der Waals surface area (Å²) < 4.78 is 2.63. The Bertz CT molecular complexity index is 1160. The Morgan fingerprint density at radius 2 is 1.52 bits per heavy atom. The van der Waals surface area contributed by atoms with Gasteiger partial charge in [-0.25, -0.2) is 0 Å². The van der Waals surface area contributed by atoms with E-state index in [-0.39, 0.29) is 23.9 Å². The molecular weight excluding hydrogens is 428 g/mol. The minimum absolute atomic E-state index is 0.0654. The van der Waals surface area contributed by atoms with Crippen molar-refractivity contribution in [3.8, 4) is 0 Å². The molecule has 3 aromatic carbocycles. The molecule has 5 heteroatoms. The molecule has 0 saturated carbocycles. The molecule has 0 atom stereocenters. The van der Waals surface area contributed by atoms with Crippen LogP contribution >= 0.6 is 15.9 Å². The molecule has 0 bridgehead atoms. The molecule has 144 valence electrons. The van der Waals surface area contributed by atoms with E-state index in [1.807, 2.05) is 72.8 Å². The van der Waals surface area contributed by atoms with Crippen LogP contribution in [0.1, 0.15) is 17.2 Å². The SMILES string of the molecule is O=C(Cn1ccc(=O)c2cc(Br)ccc21)NC(c1ccccc1)c1ccccc1. The van der Waals surface area contributed by atoms with Gasteiger partial charge in [-0.2, -0.15) is 0 Å². The number of carbonyl (C=O) groups excluding carboxylic acids is 1. The fraction of sp³-hybridized carbons (Fsp3) is 0.0833. The topological polar surface area (TPSA) is 51.1 Å². The molecule has 1 aromatic heterocycles. The summed E-state index contributed by atoms with van der Waals surface area (Å²) in [5, 5.41) is 3.72. The maximum atomic E-state index is 12.9. The van der Waals surface area contributed by atoms with Crippen molar-refractivity contribution in [1.82, 2.24) is 9.88 Å². The smallest absolute Gasteiger partial charge is 0.240 e. The second-order valence-corrected chi connectivity index (χ2v) is 7.71. The zero-order chi connectivity index (χ0) is 20.2. The van der Waals surface area contributed by atoms with Crippen molar-refractivity contribution in [3.05, 3.63) is 117 Å². The first-order valence-electron chi connectivity index (χ1n) is 9.30. The number of rotatable bonds is 5. The lowest BCUT2D eigenvalue weighted by Gasteiger charge is -2.21. The van der Waals surface area contributed by atoms with Gasteiger partial charge in [0.15, 0.2) is 5.43 Å². The van der Waals surface area contributed by atoms with Gasteiger partial charge in [0.2, 0.25) is 5.91 Å². The summed E-state index contributed by atoms with van der Waals surface area (Å²) in [6.07, 6.45) is 1.66. The number of fused-ring (bicyclic) bond motifs is 1. The molecule has 0 radical (unpaired) electrons. The third-order valence-electron chi connectivity index (χ3n) is 4.82. The number of halogens is 1. The Morgan fingerprint density at radius 1 is 0.897 bits per heavy atom. The average molecular weight is 447 g/mol. The number of hydrogen-bond donors (Lipinski definition) is 1. The maximum Gasteiger partial charge on any atom is 0.240 e. The van der Waals surface area contributed by atoms with Crippen LogP contribution in [0, 0.1) is 0 Å². The molecular formula is C24H19BrN2O2. The van der Waals surface area contributed by atoms with Gasteiger partial charge in [-0.05, 0) is 29.3 Å². The molecule has 4 nitrogen and oxygen atoms in total. The first-order valence-corrected chi connectivity index (χ1v) is 10.1. The number of nitrogens with one attached hydrogen (secondary N) is 1. The molecule has 1 amide bonds. The van der Waals surface area contributed by atoms with E-state index in [4.69, 9.17) is 0 Å². The first kappa shape index (κ1) is 19.2. The predicted octanol–water partition coefficient (Wildman–Crippen LogP) is 4.67. The summed E-state index contributed by atoms with van der Waals surface area (Å²) in [6.45, 7) is 0.120. The van der Waals surface area contributed by atoms with Gasteiger partial charge in [-0.1, -0.05) is 76.6 Å². The highest BCUT2D eigenvalue weighted by atomic mass is 79.9. The van der Waals surface area contributed by atoms with E-state index in [1.165, 1.54) is 6.07 Å². The Balaban J connectivity index is 1.64. The van der Waals surface area contributed by atoms with Crippen LogP contribution in [-0.4, -0.2) is 10.5 Å². The summed E-state index contributed by atoms with van der Waals surface area (Å²) in [7, 11) is 0. The van der Waals surface area contributed by atoms with Crippen LogP contribution in [0.2, 0.25) is 0 Å². The van der Waals surface area contributed by atoms with E-state index in [1.54, 1.807) is 16.8 Å². The quantitative estimate of drug-likeness (QED) is 0.484. The molecule has 0 unspecified atom stereocenters. The fourth-order valence-electron chi connectivity index (χ4n) is 3.43. The van der Waals surface area contributed by atoms with Crippen molar-refractivity contribution in [1.29, 1.82) is 0 Å². The Labute approximate surface area is 176 Å². The average Bonchev–Trinajstić information content (AvgIpc) is 2.75.